The van der Waals surface area contributed by atoms with Crippen LogP contribution >= 0.6 is 0 Å². The van der Waals surface area contributed by atoms with E-state index < -0.39 is 0 Å². The molecule has 1 fully saturated rings. The third kappa shape index (κ3) is 4.27. The summed E-state index contributed by atoms with van der Waals surface area (Å²) in [6.45, 7) is 3.27. The van der Waals surface area contributed by atoms with Gasteiger partial charge in [-0.2, -0.15) is 0 Å². The molecule has 0 saturated carbocycles. The first-order chi connectivity index (χ1) is 12.4. The van der Waals surface area contributed by atoms with Crippen molar-refractivity contribution in [2.45, 2.75) is 32.0 Å². The van der Waals surface area contributed by atoms with Gasteiger partial charge in [-0.1, -0.05) is 60.7 Å². The predicted octanol–water partition coefficient (Wildman–Crippen LogP) is 3.40. The lowest BCUT2D eigenvalue weighted by atomic mass is 9.95. The van der Waals surface area contributed by atoms with Crippen LogP contribution in [0.15, 0.2) is 65.7 Å². The maximum atomic E-state index is 5.76. The predicted molar refractivity (Wildman–Crippen MR) is 100 cm³/mol. The van der Waals surface area contributed by atoms with E-state index in [0.29, 0.717) is 5.92 Å². The molecular weight excluding hydrogens is 310 g/mol. The van der Waals surface area contributed by atoms with Crippen molar-refractivity contribution in [2.75, 3.05) is 13.1 Å². The topological polar surface area (TPSA) is 36.9 Å². The summed E-state index contributed by atoms with van der Waals surface area (Å²) in [6.07, 6.45) is 3.06. The zero-order chi connectivity index (χ0) is 16.9. The molecule has 2 aromatic carbocycles. The van der Waals surface area contributed by atoms with Crippen LogP contribution in [0.25, 0.3) is 0 Å². The zero-order valence-corrected chi connectivity index (χ0v) is 14.5. The lowest BCUT2D eigenvalue weighted by Crippen LogP contribution is -2.37. The molecule has 1 unspecified atom stereocenters. The highest BCUT2D eigenvalue weighted by Crippen LogP contribution is 2.26. The highest BCUT2D eigenvalue weighted by molar-refractivity contribution is 5.84. The molecule has 1 saturated heterocycles. The van der Waals surface area contributed by atoms with Gasteiger partial charge in [0.25, 0.3) is 0 Å². The van der Waals surface area contributed by atoms with E-state index in [0.717, 1.165) is 44.7 Å². The molecule has 4 rings (SSSR count). The molecule has 2 heterocycles. The van der Waals surface area contributed by atoms with Crippen molar-refractivity contribution in [3.8, 4) is 0 Å². The van der Waals surface area contributed by atoms with Gasteiger partial charge in [0.05, 0.1) is 0 Å². The maximum absolute atomic E-state index is 5.76. The van der Waals surface area contributed by atoms with E-state index in [-0.39, 0.29) is 6.23 Å². The van der Waals surface area contributed by atoms with E-state index in [2.05, 4.69) is 65.0 Å². The summed E-state index contributed by atoms with van der Waals surface area (Å²) in [4.78, 5) is 13.1. The summed E-state index contributed by atoms with van der Waals surface area (Å²) < 4.78 is 0. The smallest absolute Gasteiger partial charge is 0.179 e. The van der Waals surface area contributed by atoms with Gasteiger partial charge in [0.2, 0.25) is 0 Å². The Balaban J connectivity index is 1.28. The van der Waals surface area contributed by atoms with Crippen LogP contribution in [-0.2, 0) is 17.8 Å². The Morgan fingerprint density at radius 2 is 1.56 bits per heavy atom. The first kappa shape index (κ1) is 16.3. The second-order valence-electron chi connectivity index (χ2n) is 6.95. The quantitative estimate of drug-likeness (QED) is 0.910. The van der Waals surface area contributed by atoms with Gasteiger partial charge in [-0.05, 0) is 37.1 Å². The first-order valence-corrected chi connectivity index (χ1v) is 9.15. The minimum absolute atomic E-state index is 0.0300. The summed E-state index contributed by atoms with van der Waals surface area (Å²) >= 11 is 0. The number of likely N-dealkylation sites (tertiary alicyclic amines) is 1. The van der Waals surface area contributed by atoms with Crippen LogP contribution in [0.1, 0.15) is 24.0 Å². The number of benzene rings is 2. The number of aliphatic imine (C=N–C) groups is 1. The van der Waals surface area contributed by atoms with Gasteiger partial charge in [0.1, 0.15) is 5.84 Å². The monoisotopic (exact) mass is 335 g/mol. The number of piperidine rings is 1. The molecule has 4 heteroatoms. The van der Waals surface area contributed by atoms with Crippen LogP contribution in [0.4, 0.5) is 0 Å². The van der Waals surface area contributed by atoms with Crippen LogP contribution in [0.3, 0.4) is 0 Å². The first-order valence-electron chi connectivity index (χ1n) is 9.15. The van der Waals surface area contributed by atoms with Crippen molar-refractivity contribution >= 4 is 5.84 Å². The van der Waals surface area contributed by atoms with Gasteiger partial charge in [-0.3, -0.25) is 10.4 Å². The summed E-state index contributed by atoms with van der Waals surface area (Å²) in [5.74, 6) is 1.45. The van der Waals surface area contributed by atoms with Gasteiger partial charge < -0.3 is 0 Å². The summed E-state index contributed by atoms with van der Waals surface area (Å²) in [7, 11) is 0. The molecule has 0 aliphatic carbocycles. The van der Waals surface area contributed by atoms with Crippen molar-refractivity contribution in [2.24, 2.45) is 10.9 Å². The van der Waals surface area contributed by atoms with Crippen LogP contribution in [0, 0.1) is 5.92 Å². The van der Waals surface area contributed by atoms with E-state index in [4.69, 9.17) is 9.83 Å². The molecule has 2 aliphatic heterocycles. The molecule has 0 radical (unpaired) electrons. The van der Waals surface area contributed by atoms with Crippen LogP contribution < -0.4 is 5.48 Å². The third-order valence-electron chi connectivity index (χ3n) is 5.08. The Hall–Kier alpha value is -2.17. The molecule has 4 nitrogen and oxygen atoms in total. The molecule has 130 valence electrons. The van der Waals surface area contributed by atoms with E-state index in [1.54, 1.807) is 0 Å². The van der Waals surface area contributed by atoms with Crippen molar-refractivity contribution in [3.63, 3.8) is 0 Å². The number of hydrogen-bond acceptors (Lipinski definition) is 4. The second-order valence-corrected chi connectivity index (χ2v) is 6.95. The molecule has 0 spiro atoms. The molecule has 1 atom stereocenters. The standard InChI is InChI=1S/C21H25N3O/c1-3-7-17(8-4-1)15-20-22-21(25-23-20)19-11-13-24(14-12-19)16-18-9-5-2-6-10-18/h1-10,19,21H,11-16H2,(H,22,23). The van der Waals surface area contributed by atoms with Gasteiger partial charge in [-0.25, -0.2) is 9.83 Å². The lowest BCUT2D eigenvalue weighted by Gasteiger charge is -2.33. The highest BCUT2D eigenvalue weighted by atomic mass is 16.7. The number of rotatable bonds is 5. The number of amidine groups is 1. The van der Waals surface area contributed by atoms with Crippen molar-refractivity contribution < 1.29 is 4.84 Å². The molecule has 0 bridgehead atoms. The molecular formula is C21H25N3O. The minimum Gasteiger partial charge on any atom is -0.299 e. The SMILES string of the molecule is c1ccc(CC2=NC(C3CCN(Cc4ccccc4)CC3)ON2)cc1. The van der Waals surface area contributed by atoms with Gasteiger partial charge in [-0.15, -0.1) is 0 Å². The van der Waals surface area contributed by atoms with Gasteiger partial charge in [0, 0.05) is 18.9 Å². The molecule has 2 aromatic rings. The van der Waals surface area contributed by atoms with E-state index >= 15 is 0 Å². The van der Waals surface area contributed by atoms with Gasteiger partial charge >= 0.3 is 0 Å². The average molecular weight is 335 g/mol. The fourth-order valence-corrected chi connectivity index (χ4v) is 3.65. The van der Waals surface area contributed by atoms with Crippen molar-refractivity contribution in [1.29, 1.82) is 0 Å². The van der Waals surface area contributed by atoms with Crippen LogP contribution in [0.2, 0.25) is 0 Å². The van der Waals surface area contributed by atoms with Crippen molar-refractivity contribution in [3.05, 3.63) is 71.8 Å². The number of hydroxylamine groups is 1. The number of hydrogen-bond donors (Lipinski definition) is 1. The highest BCUT2D eigenvalue weighted by Gasteiger charge is 2.30. The van der Waals surface area contributed by atoms with E-state index in [1.165, 1.54) is 11.1 Å². The van der Waals surface area contributed by atoms with Crippen LogP contribution in [-0.4, -0.2) is 30.1 Å². The Labute approximate surface area is 149 Å². The normalized spacial score (nSPS) is 21.8. The largest absolute Gasteiger partial charge is 0.299 e. The summed E-state index contributed by atoms with van der Waals surface area (Å²) in [5, 5.41) is 0. The van der Waals surface area contributed by atoms with Gasteiger partial charge in [0.15, 0.2) is 6.23 Å². The Bertz CT molecular complexity index is 694. The lowest BCUT2D eigenvalue weighted by molar-refractivity contribution is -0.0188. The Kier molecular flexibility index (Phi) is 5.09. The number of nitrogens with zero attached hydrogens (tertiary/aromatic N) is 2. The van der Waals surface area contributed by atoms with Crippen molar-refractivity contribution in [1.82, 2.24) is 10.4 Å². The molecule has 0 amide bonds. The molecule has 25 heavy (non-hydrogen) atoms. The zero-order valence-electron chi connectivity index (χ0n) is 14.5. The summed E-state index contributed by atoms with van der Waals surface area (Å²) in [6, 6.07) is 21.1. The minimum atomic E-state index is -0.0300. The maximum Gasteiger partial charge on any atom is 0.179 e. The number of nitrogens with one attached hydrogen (secondary N) is 1. The van der Waals surface area contributed by atoms with E-state index in [9.17, 15) is 0 Å². The fourth-order valence-electron chi connectivity index (χ4n) is 3.65. The summed E-state index contributed by atoms with van der Waals surface area (Å²) in [5.41, 5.74) is 5.69. The molecule has 0 aromatic heterocycles. The van der Waals surface area contributed by atoms with E-state index in [1.807, 2.05) is 6.07 Å². The molecule has 1 N–H and O–H groups in total. The molecule has 2 aliphatic rings. The second kappa shape index (κ2) is 7.81. The van der Waals surface area contributed by atoms with Crippen LogP contribution in [0.5, 0.6) is 0 Å². The fraction of sp³-hybridized carbons (Fsp3) is 0.381. The Morgan fingerprint density at radius 1 is 0.920 bits per heavy atom. The third-order valence-corrected chi connectivity index (χ3v) is 5.08. The Morgan fingerprint density at radius 3 is 2.24 bits per heavy atom. The average Bonchev–Trinajstić information content (AvgIpc) is 3.12.